The summed E-state index contributed by atoms with van der Waals surface area (Å²) in [4.78, 5) is 1.44. The van der Waals surface area contributed by atoms with Crippen molar-refractivity contribution in [2.75, 3.05) is 11.5 Å². The number of aryl methyl sites for hydroxylation is 1. The third-order valence-corrected chi connectivity index (χ3v) is 5.99. The molecule has 1 aromatic rings. The Balaban J connectivity index is 1.81. The van der Waals surface area contributed by atoms with Crippen LogP contribution in [0, 0.1) is 6.92 Å². The molecular weight excluding hydrogens is 290 g/mol. The minimum Gasteiger partial charge on any atom is -0.308 e. The monoisotopic (exact) mass is 305 g/mol. The predicted octanol–water partition coefficient (Wildman–Crippen LogP) is 3.80. The van der Waals surface area contributed by atoms with E-state index >= 15 is 0 Å². The van der Waals surface area contributed by atoms with Crippen LogP contribution in [-0.4, -0.2) is 17.5 Å². The quantitative estimate of drug-likeness (QED) is 0.911. The molecule has 0 aliphatic carbocycles. The van der Waals surface area contributed by atoms with E-state index in [9.17, 15) is 0 Å². The topological polar surface area (TPSA) is 12.0 Å². The summed E-state index contributed by atoms with van der Waals surface area (Å²) in [5.41, 5.74) is 1.36. The molecule has 1 nitrogen and oxygen atoms in total. The van der Waals surface area contributed by atoms with Crippen LogP contribution in [0.5, 0.6) is 0 Å². The Morgan fingerprint density at radius 3 is 3.07 bits per heavy atom. The highest BCUT2D eigenvalue weighted by atomic mass is 79.9. The molecule has 0 amide bonds. The maximum Gasteiger partial charge on any atom is 0.0730 e. The fraction of sp³-hybridized carbons (Fsp3) is 0.636. The van der Waals surface area contributed by atoms with Crippen LogP contribution in [0.15, 0.2) is 9.85 Å². The van der Waals surface area contributed by atoms with E-state index in [-0.39, 0.29) is 0 Å². The van der Waals surface area contributed by atoms with Crippen LogP contribution in [0.4, 0.5) is 0 Å². The van der Waals surface area contributed by atoms with Gasteiger partial charge in [0.15, 0.2) is 0 Å². The second-order valence-corrected chi connectivity index (χ2v) is 7.57. The number of thiophene rings is 1. The van der Waals surface area contributed by atoms with Crippen LogP contribution in [0.3, 0.4) is 0 Å². The van der Waals surface area contributed by atoms with Gasteiger partial charge in [0.1, 0.15) is 0 Å². The third kappa shape index (κ3) is 3.48. The molecule has 0 bridgehead atoms. The van der Waals surface area contributed by atoms with Crippen molar-refractivity contribution in [1.82, 2.24) is 5.32 Å². The van der Waals surface area contributed by atoms with Crippen LogP contribution in [0.2, 0.25) is 0 Å². The van der Waals surface area contributed by atoms with E-state index in [2.05, 4.69) is 46.0 Å². The minimum absolute atomic E-state index is 0.727. The molecule has 2 rings (SSSR count). The molecule has 15 heavy (non-hydrogen) atoms. The maximum absolute atomic E-state index is 3.65. The van der Waals surface area contributed by atoms with Crippen LogP contribution in [-0.2, 0) is 6.54 Å². The fourth-order valence-electron chi connectivity index (χ4n) is 1.76. The Morgan fingerprint density at radius 2 is 2.47 bits per heavy atom. The smallest absolute Gasteiger partial charge is 0.0730 e. The number of hydrogen-bond donors (Lipinski definition) is 1. The second kappa shape index (κ2) is 5.71. The van der Waals surface area contributed by atoms with Crippen molar-refractivity contribution in [1.29, 1.82) is 0 Å². The largest absolute Gasteiger partial charge is 0.308 e. The second-order valence-electron chi connectivity index (χ2n) is 3.96. The van der Waals surface area contributed by atoms with Crippen molar-refractivity contribution < 1.29 is 0 Å². The summed E-state index contributed by atoms with van der Waals surface area (Å²) < 4.78 is 1.28. The van der Waals surface area contributed by atoms with E-state index in [1.165, 1.54) is 38.6 Å². The zero-order valence-electron chi connectivity index (χ0n) is 8.88. The molecule has 1 aliphatic heterocycles. The molecule has 1 unspecified atom stereocenters. The van der Waals surface area contributed by atoms with Gasteiger partial charge in [0.05, 0.1) is 3.79 Å². The van der Waals surface area contributed by atoms with Crippen molar-refractivity contribution >= 4 is 39.0 Å². The Labute approximate surface area is 108 Å². The predicted molar refractivity (Wildman–Crippen MR) is 73.9 cm³/mol. The third-order valence-electron chi connectivity index (χ3n) is 2.63. The molecule has 1 N–H and O–H groups in total. The Morgan fingerprint density at radius 1 is 1.60 bits per heavy atom. The van der Waals surface area contributed by atoms with Crippen LogP contribution < -0.4 is 5.32 Å². The molecule has 84 valence electrons. The van der Waals surface area contributed by atoms with E-state index in [1.54, 1.807) is 0 Å². The van der Waals surface area contributed by atoms with Gasteiger partial charge in [-0.1, -0.05) is 0 Å². The van der Waals surface area contributed by atoms with Crippen molar-refractivity contribution in [3.63, 3.8) is 0 Å². The molecule has 1 saturated heterocycles. The van der Waals surface area contributed by atoms with E-state index in [0.717, 1.165) is 12.6 Å². The number of halogens is 1. The van der Waals surface area contributed by atoms with Gasteiger partial charge in [-0.3, -0.25) is 0 Å². The van der Waals surface area contributed by atoms with Crippen molar-refractivity contribution in [2.24, 2.45) is 0 Å². The number of hydrogen-bond acceptors (Lipinski definition) is 3. The van der Waals surface area contributed by atoms with Gasteiger partial charge in [-0.2, -0.15) is 11.8 Å². The Bertz CT molecular complexity index is 299. The van der Waals surface area contributed by atoms with Crippen LogP contribution >= 0.6 is 39.0 Å². The van der Waals surface area contributed by atoms with Crippen molar-refractivity contribution in [3.8, 4) is 0 Å². The summed E-state index contributed by atoms with van der Waals surface area (Å²) in [6, 6.07) is 3.00. The van der Waals surface area contributed by atoms with Gasteiger partial charge >= 0.3 is 0 Å². The molecule has 1 atom stereocenters. The number of thioether (sulfide) groups is 1. The summed E-state index contributed by atoms with van der Waals surface area (Å²) in [5.74, 6) is 2.63. The lowest BCUT2D eigenvalue weighted by Gasteiger charge is -2.22. The maximum atomic E-state index is 3.65. The van der Waals surface area contributed by atoms with Crippen LogP contribution in [0.1, 0.15) is 23.3 Å². The summed E-state index contributed by atoms with van der Waals surface area (Å²) in [6.45, 7) is 3.18. The molecule has 1 aromatic heterocycles. The lowest BCUT2D eigenvalue weighted by atomic mass is 10.2. The number of nitrogens with one attached hydrogen (secondary N) is 1. The molecule has 1 aliphatic rings. The molecule has 0 aromatic carbocycles. The molecular formula is C11H16BrNS2. The van der Waals surface area contributed by atoms with E-state index in [4.69, 9.17) is 0 Å². The fourth-order valence-corrected chi connectivity index (χ4v) is 4.44. The highest BCUT2D eigenvalue weighted by Gasteiger charge is 2.13. The van der Waals surface area contributed by atoms with Gasteiger partial charge in [-0.25, -0.2) is 0 Å². The van der Waals surface area contributed by atoms with Gasteiger partial charge < -0.3 is 5.32 Å². The van der Waals surface area contributed by atoms with Gasteiger partial charge in [0.25, 0.3) is 0 Å². The summed E-state index contributed by atoms with van der Waals surface area (Å²) >= 11 is 7.50. The first kappa shape index (κ1) is 12.0. The van der Waals surface area contributed by atoms with Crippen molar-refractivity contribution in [2.45, 2.75) is 32.4 Å². The lowest BCUT2D eigenvalue weighted by Crippen LogP contribution is -2.32. The van der Waals surface area contributed by atoms with E-state index < -0.39 is 0 Å². The zero-order valence-corrected chi connectivity index (χ0v) is 12.1. The van der Waals surface area contributed by atoms with Gasteiger partial charge in [0.2, 0.25) is 0 Å². The molecule has 1 fully saturated rings. The van der Waals surface area contributed by atoms with E-state index in [0.29, 0.717) is 0 Å². The first-order chi connectivity index (χ1) is 7.25. The SMILES string of the molecule is Cc1cc(CNC2CCCSC2)sc1Br. The zero-order chi connectivity index (χ0) is 10.7. The first-order valence-electron chi connectivity index (χ1n) is 5.31. The highest BCUT2D eigenvalue weighted by Crippen LogP contribution is 2.27. The lowest BCUT2D eigenvalue weighted by molar-refractivity contribution is 0.510. The van der Waals surface area contributed by atoms with Gasteiger partial charge in [0, 0.05) is 23.2 Å². The Kier molecular flexibility index (Phi) is 4.55. The minimum atomic E-state index is 0.727. The molecule has 2 heterocycles. The normalized spacial score (nSPS) is 21.9. The average molecular weight is 306 g/mol. The highest BCUT2D eigenvalue weighted by molar-refractivity contribution is 9.11. The molecule has 0 radical (unpaired) electrons. The first-order valence-corrected chi connectivity index (χ1v) is 8.08. The number of rotatable bonds is 3. The molecule has 4 heteroatoms. The summed E-state index contributed by atoms with van der Waals surface area (Å²) in [6.07, 6.45) is 2.72. The molecule has 0 spiro atoms. The average Bonchev–Trinajstić information content (AvgIpc) is 2.57. The van der Waals surface area contributed by atoms with Crippen molar-refractivity contribution in [3.05, 3.63) is 20.3 Å². The standard InChI is InChI=1S/C11H16BrNS2/c1-8-5-10(15-11(8)12)6-13-9-3-2-4-14-7-9/h5,9,13H,2-4,6-7H2,1H3. The van der Waals surface area contributed by atoms with Gasteiger partial charge in [-0.05, 0) is 53.1 Å². The van der Waals surface area contributed by atoms with Gasteiger partial charge in [-0.15, -0.1) is 11.3 Å². The molecule has 0 saturated carbocycles. The van der Waals surface area contributed by atoms with E-state index in [1.807, 2.05) is 11.3 Å². The summed E-state index contributed by atoms with van der Waals surface area (Å²) in [7, 11) is 0. The Hall–Kier alpha value is 0.490. The summed E-state index contributed by atoms with van der Waals surface area (Å²) in [5, 5.41) is 3.65. The van der Waals surface area contributed by atoms with Crippen LogP contribution in [0.25, 0.3) is 0 Å².